The van der Waals surface area contributed by atoms with E-state index in [1.165, 1.54) is 12.1 Å². The molecule has 104 valence electrons. The predicted octanol–water partition coefficient (Wildman–Crippen LogP) is 1.97. The quantitative estimate of drug-likeness (QED) is 0.505. The first kappa shape index (κ1) is 13.9. The van der Waals surface area contributed by atoms with Crippen molar-refractivity contribution in [2.45, 2.75) is 13.3 Å². The van der Waals surface area contributed by atoms with Gasteiger partial charge >= 0.3 is 0 Å². The number of carbonyl (C=O) groups is 1. The topological polar surface area (TPSA) is 118 Å². The molecule has 0 aliphatic carbocycles. The summed E-state index contributed by atoms with van der Waals surface area (Å²) < 4.78 is 3.69. The fourth-order valence-corrected chi connectivity index (χ4v) is 2.18. The molecule has 2 aromatic rings. The lowest BCUT2D eigenvalue weighted by Crippen LogP contribution is -2.12. The van der Waals surface area contributed by atoms with Crippen LogP contribution in [0.4, 0.5) is 11.4 Å². The standard InChI is InChI=1S/C11H10N4O4S/c1-2-7-10(20-14-13-7)11(17)12-8-4-3-6(15(18)19)5-9(8)16/h3-5,16H,2H2,1H3,(H,12,17). The van der Waals surface area contributed by atoms with Crippen molar-refractivity contribution in [3.8, 4) is 5.75 Å². The van der Waals surface area contributed by atoms with Crippen molar-refractivity contribution in [3.63, 3.8) is 0 Å². The second kappa shape index (κ2) is 5.61. The van der Waals surface area contributed by atoms with Crippen LogP contribution in [0.2, 0.25) is 0 Å². The molecule has 8 nitrogen and oxygen atoms in total. The van der Waals surface area contributed by atoms with Gasteiger partial charge < -0.3 is 10.4 Å². The Labute approximate surface area is 117 Å². The fourth-order valence-electron chi connectivity index (χ4n) is 1.53. The molecule has 0 unspecified atom stereocenters. The highest BCUT2D eigenvalue weighted by molar-refractivity contribution is 7.08. The molecular weight excluding hydrogens is 284 g/mol. The second-order valence-corrected chi connectivity index (χ2v) is 4.57. The molecule has 20 heavy (non-hydrogen) atoms. The highest BCUT2D eigenvalue weighted by Gasteiger charge is 2.17. The van der Waals surface area contributed by atoms with Gasteiger partial charge in [-0.05, 0) is 24.0 Å². The van der Waals surface area contributed by atoms with Gasteiger partial charge in [-0.2, -0.15) is 0 Å². The third-order valence-corrected chi connectivity index (χ3v) is 3.30. The molecule has 1 aromatic carbocycles. The fraction of sp³-hybridized carbons (Fsp3) is 0.182. The zero-order chi connectivity index (χ0) is 14.7. The number of carbonyl (C=O) groups excluding carboxylic acids is 1. The van der Waals surface area contributed by atoms with Crippen LogP contribution in [0.15, 0.2) is 18.2 Å². The van der Waals surface area contributed by atoms with Gasteiger partial charge in [-0.3, -0.25) is 14.9 Å². The van der Waals surface area contributed by atoms with Crippen LogP contribution < -0.4 is 5.32 Å². The SMILES string of the molecule is CCc1nnsc1C(=O)Nc1ccc([N+](=O)[O-])cc1O. The Kier molecular flexibility index (Phi) is 3.89. The lowest BCUT2D eigenvalue weighted by Gasteiger charge is -2.06. The van der Waals surface area contributed by atoms with E-state index in [-0.39, 0.29) is 17.1 Å². The zero-order valence-electron chi connectivity index (χ0n) is 10.4. The number of amides is 1. The number of aromatic hydroxyl groups is 1. The number of hydrogen-bond donors (Lipinski definition) is 2. The summed E-state index contributed by atoms with van der Waals surface area (Å²) in [5, 5.41) is 26.5. The summed E-state index contributed by atoms with van der Waals surface area (Å²) >= 11 is 0.952. The van der Waals surface area contributed by atoms with Crippen LogP contribution in [0.3, 0.4) is 0 Å². The number of nitro benzene ring substituents is 1. The molecule has 0 fully saturated rings. The molecule has 0 saturated carbocycles. The molecule has 0 saturated heterocycles. The summed E-state index contributed by atoms with van der Waals surface area (Å²) in [6.07, 6.45) is 0.561. The van der Waals surface area contributed by atoms with Crippen molar-refractivity contribution in [2.75, 3.05) is 5.32 Å². The van der Waals surface area contributed by atoms with E-state index in [1.54, 1.807) is 0 Å². The van der Waals surface area contributed by atoms with Crippen molar-refractivity contribution < 1.29 is 14.8 Å². The van der Waals surface area contributed by atoms with Gasteiger partial charge in [0, 0.05) is 6.07 Å². The first-order valence-electron chi connectivity index (χ1n) is 5.63. The number of hydrogen-bond acceptors (Lipinski definition) is 7. The molecule has 0 aliphatic heterocycles. The van der Waals surface area contributed by atoms with Crippen LogP contribution in [0.25, 0.3) is 0 Å². The molecule has 0 radical (unpaired) electrons. The Morgan fingerprint density at radius 3 is 2.90 bits per heavy atom. The van der Waals surface area contributed by atoms with Crippen LogP contribution in [-0.4, -0.2) is 25.5 Å². The van der Waals surface area contributed by atoms with Crippen LogP contribution >= 0.6 is 11.5 Å². The van der Waals surface area contributed by atoms with Gasteiger partial charge in [0.15, 0.2) is 0 Å². The van der Waals surface area contributed by atoms with Gasteiger partial charge in [0.2, 0.25) is 0 Å². The number of aryl methyl sites for hydroxylation is 1. The first-order chi connectivity index (χ1) is 9.52. The maximum atomic E-state index is 12.0. The van der Waals surface area contributed by atoms with Crippen LogP contribution in [0.1, 0.15) is 22.3 Å². The van der Waals surface area contributed by atoms with Gasteiger partial charge in [-0.15, -0.1) is 5.10 Å². The number of nitro groups is 1. The van der Waals surface area contributed by atoms with E-state index in [0.29, 0.717) is 17.0 Å². The van der Waals surface area contributed by atoms with Gasteiger partial charge in [-0.25, -0.2) is 0 Å². The normalized spacial score (nSPS) is 10.2. The summed E-state index contributed by atoms with van der Waals surface area (Å²) in [5.41, 5.74) is 0.402. The number of aromatic nitrogens is 2. The summed E-state index contributed by atoms with van der Waals surface area (Å²) in [5.74, 6) is -0.830. The van der Waals surface area contributed by atoms with Gasteiger partial charge in [-0.1, -0.05) is 11.4 Å². The number of benzene rings is 1. The van der Waals surface area contributed by atoms with Crippen molar-refractivity contribution in [3.05, 3.63) is 38.9 Å². The molecule has 1 aromatic heterocycles. The Hall–Kier alpha value is -2.55. The van der Waals surface area contributed by atoms with Crippen LogP contribution in [0, 0.1) is 10.1 Å². The van der Waals surface area contributed by atoms with E-state index < -0.39 is 10.8 Å². The Morgan fingerprint density at radius 1 is 1.55 bits per heavy atom. The number of phenolic OH excluding ortho intramolecular Hbond substituents is 1. The lowest BCUT2D eigenvalue weighted by atomic mass is 10.2. The smallest absolute Gasteiger partial charge is 0.273 e. The first-order valence-corrected chi connectivity index (χ1v) is 6.40. The Balaban J connectivity index is 2.22. The third-order valence-electron chi connectivity index (χ3n) is 2.54. The monoisotopic (exact) mass is 294 g/mol. The van der Waals surface area contributed by atoms with E-state index in [2.05, 4.69) is 14.9 Å². The Morgan fingerprint density at radius 2 is 2.30 bits per heavy atom. The largest absolute Gasteiger partial charge is 0.506 e. The highest BCUT2D eigenvalue weighted by atomic mass is 32.1. The van der Waals surface area contributed by atoms with E-state index in [1.807, 2.05) is 6.92 Å². The number of anilines is 1. The highest BCUT2D eigenvalue weighted by Crippen LogP contribution is 2.28. The van der Waals surface area contributed by atoms with E-state index in [0.717, 1.165) is 17.6 Å². The summed E-state index contributed by atoms with van der Waals surface area (Å²) in [6.45, 7) is 1.84. The average molecular weight is 294 g/mol. The number of phenols is 1. The molecule has 2 rings (SSSR count). The molecule has 9 heteroatoms. The Bertz CT molecular complexity index is 670. The maximum absolute atomic E-state index is 12.0. The average Bonchev–Trinajstić information content (AvgIpc) is 2.89. The van der Waals surface area contributed by atoms with Crippen molar-refractivity contribution in [1.82, 2.24) is 9.59 Å². The molecule has 1 amide bonds. The van der Waals surface area contributed by atoms with Gasteiger partial charge in [0.1, 0.15) is 10.6 Å². The molecule has 2 N–H and O–H groups in total. The second-order valence-electron chi connectivity index (χ2n) is 3.81. The minimum absolute atomic E-state index is 0.0936. The molecule has 0 atom stereocenters. The number of nitrogens with zero attached hydrogens (tertiary/aromatic N) is 3. The summed E-state index contributed by atoms with van der Waals surface area (Å²) in [7, 11) is 0. The van der Waals surface area contributed by atoms with Crippen molar-refractivity contribution >= 4 is 28.8 Å². The van der Waals surface area contributed by atoms with Crippen LogP contribution in [-0.2, 0) is 6.42 Å². The molecule has 0 spiro atoms. The van der Waals surface area contributed by atoms with E-state index >= 15 is 0 Å². The third kappa shape index (κ3) is 2.72. The zero-order valence-corrected chi connectivity index (χ0v) is 11.2. The van der Waals surface area contributed by atoms with Crippen molar-refractivity contribution in [2.24, 2.45) is 0 Å². The lowest BCUT2D eigenvalue weighted by molar-refractivity contribution is -0.384. The minimum Gasteiger partial charge on any atom is -0.506 e. The minimum atomic E-state index is -0.631. The summed E-state index contributed by atoms with van der Waals surface area (Å²) in [4.78, 5) is 22.3. The summed E-state index contributed by atoms with van der Waals surface area (Å²) in [6, 6.07) is 3.44. The van der Waals surface area contributed by atoms with Gasteiger partial charge in [0.05, 0.1) is 22.4 Å². The molecular formula is C11H10N4O4S. The number of non-ortho nitro benzene ring substituents is 1. The van der Waals surface area contributed by atoms with Crippen LogP contribution in [0.5, 0.6) is 5.75 Å². The van der Waals surface area contributed by atoms with E-state index in [4.69, 9.17) is 0 Å². The maximum Gasteiger partial charge on any atom is 0.273 e. The molecule has 0 aliphatic rings. The molecule has 0 bridgehead atoms. The number of rotatable bonds is 4. The number of nitrogens with one attached hydrogen (secondary N) is 1. The predicted molar refractivity (Wildman–Crippen MR) is 72.0 cm³/mol. The molecule has 1 heterocycles. The van der Waals surface area contributed by atoms with E-state index in [9.17, 15) is 20.0 Å². The van der Waals surface area contributed by atoms with Gasteiger partial charge in [0.25, 0.3) is 11.6 Å². The van der Waals surface area contributed by atoms with Crippen molar-refractivity contribution in [1.29, 1.82) is 0 Å².